The van der Waals surface area contributed by atoms with Crippen molar-refractivity contribution >= 4 is 17.7 Å². The lowest BCUT2D eigenvalue weighted by atomic mass is 9.69. The van der Waals surface area contributed by atoms with E-state index in [0.29, 0.717) is 29.1 Å². The topological polar surface area (TPSA) is 90.9 Å². The first-order chi connectivity index (χ1) is 17.3. The van der Waals surface area contributed by atoms with Gasteiger partial charge in [-0.05, 0) is 49.1 Å². The van der Waals surface area contributed by atoms with Crippen LogP contribution in [0.3, 0.4) is 0 Å². The zero-order valence-electron chi connectivity index (χ0n) is 20.4. The highest BCUT2D eigenvalue weighted by molar-refractivity contribution is 6.12. The third kappa shape index (κ3) is 5.03. The molecule has 0 amide bonds. The van der Waals surface area contributed by atoms with Gasteiger partial charge in [-0.2, -0.15) is 0 Å². The number of hydrogen-bond acceptors (Lipinski definition) is 7. The van der Waals surface area contributed by atoms with Crippen LogP contribution in [0.4, 0.5) is 4.39 Å². The number of ketones is 1. The highest BCUT2D eigenvalue weighted by Gasteiger charge is 2.47. The van der Waals surface area contributed by atoms with Crippen molar-refractivity contribution in [2.75, 3.05) is 20.3 Å². The Labute approximate surface area is 208 Å². The number of rotatable bonds is 7. The van der Waals surface area contributed by atoms with Crippen LogP contribution in [0.15, 0.2) is 77.1 Å². The largest absolute Gasteiger partial charge is 0.490 e. The van der Waals surface area contributed by atoms with Gasteiger partial charge in [-0.15, -0.1) is 0 Å². The van der Waals surface area contributed by atoms with Crippen molar-refractivity contribution in [3.63, 3.8) is 0 Å². The number of benzene rings is 2. The number of Topliss-reactive ketones (excluding diaryl/α,β-unsaturated/α-hetero) is 1. The number of carbonyl (C=O) groups is 3. The van der Waals surface area contributed by atoms with E-state index in [0.717, 1.165) is 0 Å². The van der Waals surface area contributed by atoms with Crippen LogP contribution in [0.1, 0.15) is 31.7 Å². The zero-order chi connectivity index (χ0) is 25.8. The molecular formula is C28H28FNO6. The normalized spacial score (nSPS) is 21.4. The van der Waals surface area contributed by atoms with Gasteiger partial charge >= 0.3 is 11.9 Å². The Morgan fingerprint density at radius 1 is 1.08 bits per heavy atom. The molecule has 1 aliphatic heterocycles. The lowest BCUT2D eigenvalue weighted by Crippen LogP contribution is -2.43. The molecule has 0 saturated carbocycles. The van der Waals surface area contributed by atoms with Gasteiger partial charge in [-0.1, -0.05) is 37.3 Å². The molecule has 0 bridgehead atoms. The van der Waals surface area contributed by atoms with Crippen molar-refractivity contribution in [2.24, 2.45) is 11.8 Å². The molecule has 2 aromatic rings. The van der Waals surface area contributed by atoms with Gasteiger partial charge in [0, 0.05) is 22.9 Å². The fourth-order valence-corrected chi connectivity index (χ4v) is 4.86. The van der Waals surface area contributed by atoms with Crippen LogP contribution in [0.2, 0.25) is 0 Å². The number of esters is 2. The molecule has 0 fully saturated rings. The minimum absolute atomic E-state index is 0.0257. The van der Waals surface area contributed by atoms with Crippen LogP contribution in [-0.2, 0) is 23.9 Å². The predicted octanol–water partition coefficient (Wildman–Crippen LogP) is 4.06. The Balaban J connectivity index is 1.64. The van der Waals surface area contributed by atoms with E-state index in [1.165, 1.54) is 25.3 Å². The molecule has 0 spiro atoms. The Hall–Kier alpha value is -3.94. The zero-order valence-corrected chi connectivity index (χ0v) is 20.4. The standard InChI is InChI=1S/C28H28FNO6/c1-16-14-21-25(26(31)22(16)27(32)34-3)24(18-8-7-9-19(29)15-18)23(17(2)30-21)28(33)36-13-12-35-20-10-5-4-6-11-20/h4-11,15-16,22,24,30H,12-14H2,1-3H3/t16-,22-,24-/m0/s1. The van der Waals surface area contributed by atoms with Crippen molar-refractivity contribution in [3.05, 3.63) is 88.5 Å². The van der Waals surface area contributed by atoms with Crippen molar-refractivity contribution < 1.29 is 33.0 Å². The third-order valence-corrected chi connectivity index (χ3v) is 6.47. The van der Waals surface area contributed by atoms with E-state index in [9.17, 15) is 18.8 Å². The molecular weight excluding hydrogens is 465 g/mol. The summed E-state index contributed by atoms with van der Waals surface area (Å²) in [5, 5.41) is 3.18. The molecule has 0 radical (unpaired) electrons. The average molecular weight is 494 g/mol. The Morgan fingerprint density at radius 2 is 1.83 bits per heavy atom. The molecule has 0 saturated heterocycles. The number of allylic oxidation sites excluding steroid dienone is 3. The van der Waals surface area contributed by atoms with E-state index in [4.69, 9.17) is 14.2 Å². The minimum atomic E-state index is -1.01. The first-order valence-corrected chi connectivity index (χ1v) is 11.7. The Morgan fingerprint density at radius 3 is 2.53 bits per heavy atom. The summed E-state index contributed by atoms with van der Waals surface area (Å²) in [4.78, 5) is 39.4. The van der Waals surface area contributed by atoms with Crippen molar-refractivity contribution in [3.8, 4) is 5.75 Å². The van der Waals surface area contributed by atoms with Gasteiger partial charge in [0.25, 0.3) is 0 Å². The summed E-state index contributed by atoms with van der Waals surface area (Å²) in [6, 6.07) is 14.9. The van der Waals surface area contributed by atoms with E-state index < -0.39 is 35.4 Å². The third-order valence-electron chi connectivity index (χ3n) is 6.47. The van der Waals surface area contributed by atoms with E-state index in [2.05, 4.69) is 5.32 Å². The van der Waals surface area contributed by atoms with Crippen LogP contribution >= 0.6 is 0 Å². The molecule has 4 rings (SSSR count). The first-order valence-electron chi connectivity index (χ1n) is 11.7. The van der Waals surface area contributed by atoms with Gasteiger partial charge in [0.05, 0.1) is 12.7 Å². The molecule has 3 atom stereocenters. The second kappa shape index (κ2) is 10.8. The van der Waals surface area contributed by atoms with E-state index >= 15 is 0 Å². The predicted molar refractivity (Wildman–Crippen MR) is 129 cm³/mol. The molecule has 1 N–H and O–H groups in total. The summed E-state index contributed by atoms with van der Waals surface area (Å²) in [6.45, 7) is 3.63. The lowest BCUT2D eigenvalue weighted by Gasteiger charge is -2.38. The Kier molecular flexibility index (Phi) is 7.52. The maximum atomic E-state index is 14.3. The molecule has 0 aromatic heterocycles. The van der Waals surface area contributed by atoms with Crippen LogP contribution in [-0.4, -0.2) is 38.0 Å². The number of hydrogen-bond donors (Lipinski definition) is 1. The summed E-state index contributed by atoms with van der Waals surface area (Å²) in [5.74, 6) is -3.80. The second-order valence-corrected chi connectivity index (χ2v) is 8.89. The lowest BCUT2D eigenvalue weighted by molar-refractivity contribution is -0.151. The summed E-state index contributed by atoms with van der Waals surface area (Å²) >= 11 is 0. The van der Waals surface area contributed by atoms with Crippen LogP contribution in [0.25, 0.3) is 0 Å². The van der Waals surface area contributed by atoms with Gasteiger partial charge in [0.15, 0.2) is 5.78 Å². The summed E-state index contributed by atoms with van der Waals surface area (Å²) in [5.41, 5.74) is 1.98. The molecule has 188 valence electrons. The van der Waals surface area contributed by atoms with Gasteiger partial charge in [-0.25, -0.2) is 9.18 Å². The highest BCUT2D eigenvalue weighted by atomic mass is 19.1. The molecule has 1 heterocycles. The molecule has 2 aliphatic rings. The van der Waals surface area contributed by atoms with E-state index in [1.54, 1.807) is 32.0 Å². The monoisotopic (exact) mass is 493 g/mol. The summed E-state index contributed by atoms with van der Waals surface area (Å²) in [6.07, 6.45) is 0.400. The highest BCUT2D eigenvalue weighted by Crippen LogP contribution is 2.45. The first kappa shape index (κ1) is 25.2. The van der Waals surface area contributed by atoms with Crippen LogP contribution < -0.4 is 10.1 Å². The fourth-order valence-electron chi connectivity index (χ4n) is 4.86. The smallest absolute Gasteiger partial charge is 0.336 e. The number of ether oxygens (including phenoxy) is 3. The molecule has 36 heavy (non-hydrogen) atoms. The number of nitrogens with one attached hydrogen (secondary N) is 1. The number of methoxy groups -OCH3 is 1. The van der Waals surface area contributed by atoms with Gasteiger partial charge in [0.1, 0.15) is 30.7 Å². The average Bonchev–Trinajstić information content (AvgIpc) is 2.86. The van der Waals surface area contributed by atoms with E-state index in [1.807, 2.05) is 18.2 Å². The molecule has 8 heteroatoms. The summed E-state index contributed by atoms with van der Waals surface area (Å²) < 4.78 is 30.2. The minimum Gasteiger partial charge on any atom is -0.490 e. The quantitative estimate of drug-likeness (QED) is 0.353. The van der Waals surface area contributed by atoms with Gasteiger partial charge in [-0.3, -0.25) is 9.59 Å². The maximum Gasteiger partial charge on any atom is 0.336 e. The van der Waals surface area contributed by atoms with Gasteiger partial charge in [0.2, 0.25) is 0 Å². The van der Waals surface area contributed by atoms with Crippen molar-refractivity contribution in [1.82, 2.24) is 5.32 Å². The van der Waals surface area contributed by atoms with E-state index in [-0.39, 0.29) is 30.3 Å². The summed E-state index contributed by atoms with van der Waals surface area (Å²) in [7, 11) is 1.24. The number of para-hydroxylation sites is 1. The number of halogens is 1. The maximum absolute atomic E-state index is 14.3. The SMILES string of the molecule is COC(=O)[C@@H]1C(=O)C2=C(C[C@@H]1C)NC(C)=C(C(=O)OCCOc1ccccc1)[C@@H]2c1cccc(F)c1. The van der Waals surface area contributed by atoms with Gasteiger partial charge < -0.3 is 19.5 Å². The second-order valence-electron chi connectivity index (χ2n) is 8.89. The number of carbonyl (C=O) groups excluding carboxylic acids is 3. The van der Waals surface area contributed by atoms with Crippen molar-refractivity contribution in [1.29, 1.82) is 0 Å². The number of dihydropyridines is 1. The van der Waals surface area contributed by atoms with Crippen molar-refractivity contribution in [2.45, 2.75) is 26.2 Å². The molecule has 7 nitrogen and oxygen atoms in total. The molecule has 2 aromatic carbocycles. The Bertz CT molecular complexity index is 1240. The fraction of sp³-hybridized carbons (Fsp3) is 0.321. The molecule has 1 aliphatic carbocycles. The van der Waals surface area contributed by atoms with Crippen LogP contribution in [0.5, 0.6) is 5.75 Å². The van der Waals surface area contributed by atoms with Crippen LogP contribution in [0, 0.1) is 17.7 Å². The molecule has 0 unspecified atom stereocenters.